The van der Waals surface area contributed by atoms with Crippen LogP contribution in [-0.2, 0) is 6.18 Å². The van der Waals surface area contributed by atoms with E-state index in [9.17, 15) is 13.2 Å². The molecule has 0 unspecified atom stereocenters. The van der Waals surface area contributed by atoms with Crippen LogP contribution in [0, 0.1) is 17.8 Å². The Bertz CT molecular complexity index is 461. The van der Waals surface area contributed by atoms with Crippen molar-refractivity contribution in [2.45, 2.75) is 19.0 Å². The molecule has 0 aromatic heterocycles. The van der Waals surface area contributed by atoms with Gasteiger partial charge in [-0.25, -0.2) is 0 Å². The van der Waals surface area contributed by atoms with Crippen LogP contribution < -0.4 is 0 Å². The Morgan fingerprint density at radius 1 is 1.25 bits per heavy atom. The first-order chi connectivity index (χ1) is 7.47. The van der Waals surface area contributed by atoms with Crippen molar-refractivity contribution in [1.29, 1.82) is 0 Å². The van der Waals surface area contributed by atoms with Gasteiger partial charge < -0.3 is 0 Å². The second kappa shape index (κ2) is 4.14. The Balaban J connectivity index is 2.40. The zero-order valence-electron chi connectivity index (χ0n) is 8.24. The fourth-order valence-corrected chi connectivity index (χ4v) is 1.64. The molecule has 0 nitrogen and oxygen atoms in total. The number of alkyl halides is 3. The molecule has 1 saturated carbocycles. The van der Waals surface area contributed by atoms with Gasteiger partial charge in [0, 0.05) is 16.0 Å². The molecular weight excluding hydrogens is 281 g/mol. The van der Waals surface area contributed by atoms with Gasteiger partial charge >= 0.3 is 6.18 Å². The smallest absolute Gasteiger partial charge is 0.166 e. The van der Waals surface area contributed by atoms with Crippen LogP contribution in [0.3, 0.4) is 0 Å². The topological polar surface area (TPSA) is 0 Å². The summed E-state index contributed by atoms with van der Waals surface area (Å²) in [5, 5.41) is 0. The Morgan fingerprint density at radius 3 is 2.50 bits per heavy atom. The Labute approximate surface area is 100.0 Å². The third kappa shape index (κ3) is 2.79. The highest BCUT2D eigenvalue weighted by molar-refractivity contribution is 9.10. The van der Waals surface area contributed by atoms with E-state index in [2.05, 4.69) is 27.8 Å². The minimum atomic E-state index is -4.34. The second-order valence-electron chi connectivity index (χ2n) is 3.73. The summed E-state index contributed by atoms with van der Waals surface area (Å²) in [4.78, 5) is 0. The molecule has 1 aromatic rings. The zero-order valence-corrected chi connectivity index (χ0v) is 9.82. The van der Waals surface area contributed by atoms with Crippen molar-refractivity contribution in [3.63, 3.8) is 0 Å². The average molecular weight is 289 g/mol. The molecule has 1 aliphatic rings. The Kier molecular flexibility index (Phi) is 2.98. The summed E-state index contributed by atoms with van der Waals surface area (Å²) in [6.45, 7) is 0. The standard InChI is InChI=1S/C12H8BrF3/c13-10-5-6-11(12(14,15)16)9(7-10)4-3-8-1-2-8/h5-8H,1-2H2. The van der Waals surface area contributed by atoms with Crippen LogP contribution in [0.25, 0.3) is 0 Å². The number of hydrogen-bond donors (Lipinski definition) is 0. The molecule has 0 spiro atoms. The van der Waals surface area contributed by atoms with Crippen LogP contribution in [-0.4, -0.2) is 0 Å². The first kappa shape index (κ1) is 11.5. The van der Waals surface area contributed by atoms with E-state index in [1.54, 1.807) is 0 Å². The molecule has 0 radical (unpaired) electrons. The molecule has 2 rings (SSSR count). The van der Waals surface area contributed by atoms with E-state index in [1.807, 2.05) is 0 Å². The van der Waals surface area contributed by atoms with Crippen molar-refractivity contribution >= 4 is 15.9 Å². The first-order valence-electron chi connectivity index (χ1n) is 4.85. The predicted octanol–water partition coefficient (Wildman–Crippen LogP) is 4.23. The lowest BCUT2D eigenvalue weighted by Crippen LogP contribution is -2.07. The van der Waals surface area contributed by atoms with Crippen molar-refractivity contribution < 1.29 is 13.2 Å². The molecule has 0 bridgehead atoms. The van der Waals surface area contributed by atoms with E-state index in [-0.39, 0.29) is 5.56 Å². The highest BCUT2D eigenvalue weighted by Gasteiger charge is 2.33. The van der Waals surface area contributed by atoms with Crippen molar-refractivity contribution in [1.82, 2.24) is 0 Å². The molecule has 0 atom stereocenters. The van der Waals surface area contributed by atoms with Gasteiger partial charge in [0.2, 0.25) is 0 Å². The summed E-state index contributed by atoms with van der Waals surface area (Å²) in [7, 11) is 0. The summed E-state index contributed by atoms with van der Waals surface area (Å²) in [5.74, 6) is 5.76. The van der Waals surface area contributed by atoms with Gasteiger partial charge in [-0.15, -0.1) is 0 Å². The van der Waals surface area contributed by atoms with E-state index >= 15 is 0 Å². The maximum atomic E-state index is 12.6. The molecule has 4 heteroatoms. The van der Waals surface area contributed by atoms with E-state index in [0.717, 1.165) is 18.9 Å². The minimum Gasteiger partial charge on any atom is -0.166 e. The summed E-state index contributed by atoms with van der Waals surface area (Å²) in [6.07, 6.45) is -2.33. The zero-order chi connectivity index (χ0) is 11.8. The van der Waals surface area contributed by atoms with Crippen molar-refractivity contribution in [3.05, 3.63) is 33.8 Å². The third-order valence-electron chi connectivity index (χ3n) is 2.28. The number of rotatable bonds is 0. The van der Waals surface area contributed by atoms with Gasteiger partial charge in [0.25, 0.3) is 0 Å². The average Bonchev–Trinajstić information content (AvgIpc) is 2.96. The van der Waals surface area contributed by atoms with Gasteiger partial charge in [0.1, 0.15) is 0 Å². The van der Waals surface area contributed by atoms with E-state index < -0.39 is 11.7 Å². The normalized spacial score (nSPS) is 15.5. The highest BCUT2D eigenvalue weighted by Crippen LogP contribution is 2.33. The van der Waals surface area contributed by atoms with Crippen LogP contribution in [0.4, 0.5) is 13.2 Å². The molecule has 84 valence electrons. The first-order valence-corrected chi connectivity index (χ1v) is 5.64. The molecule has 0 aliphatic heterocycles. The van der Waals surface area contributed by atoms with E-state index in [1.165, 1.54) is 12.1 Å². The second-order valence-corrected chi connectivity index (χ2v) is 4.65. The van der Waals surface area contributed by atoms with Crippen LogP contribution >= 0.6 is 15.9 Å². The van der Waals surface area contributed by atoms with Gasteiger partial charge in [-0.05, 0) is 31.0 Å². The number of halogens is 4. The molecule has 16 heavy (non-hydrogen) atoms. The van der Waals surface area contributed by atoms with Gasteiger partial charge in [-0.3, -0.25) is 0 Å². The van der Waals surface area contributed by atoms with Crippen LogP contribution in [0.5, 0.6) is 0 Å². The monoisotopic (exact) mass is 288 g/mol. The Morgan fingerprint density at radius 2 is 1.94 bits per heavy atom. The minimum absolute atomic E-state index is 0.0498. The molecule has 0 saturated heterocycles. The van der Waals surface area contributed by atoms with Gasteiger partial charge in [0.15, 0.2) is 0 Å². The quantitative estimate of drug-likeness (QED) is 0.627. The lowest BCUT2D eigenvalue weighted by atomic mass is 10.1. The third-order valence-corrected chi connectivity index (χ3v) is 2.77. The molecule has 0 heterocycles. The van der Waals surface area contributed by atoms with Crippen molar-refractivity contribution in [2.24, 2.45) is 5.92 Å². The summed E-state index contributed by atoms with van der Waals surface area (Å²) >= 11 is 3.15. The van der Waals surface area contributed by atoms with Gasteiger partial charge in [0.05, 0.1) is 5.56 Å². The molecule has 0 N–H and O–H groups in total. The lowest BCUT2D eigenvalue weighted by molar-refractivity contribution is -0.137. The molecule has 1 aromatic carbocycles. The lowest BCUT2D eigenvalue weighted by Gasteiger charge is -2.09. The molecular formula is C12H8BrF3. The number of hydrogen-bond acceptors (Lipinski definition) is 0. The fourth-order valence-electron chi connectivity index (χ4n) is 1.27. The maximum Gasteiger partial charge on any atom is 0.417 e. The van der Waals surface area contributed by atoms with E-state index in [4.69, 9.17) is 0 Å². The number of benzene rings is 1. The SMILES string of the molecule is FC(F)(F)c1ccc(Br)cc1C#CC1CC1. The summed E-state index contributed by atoms with van der Waals surface area (Å²) in [5.41, 5.74) is -0.613. The Hall–Kier alpha value is -0.950. The van der Waals surface area contributed by atoms with E-state index in [0.29, 0.717) is 10.4 Å². The van der Waals surface area contributed by atoms with Crippen LogP contribution in [0.2, 0.25) is 0 Å². The fraction of sp³-hybridized carbons (Fsp3) is 0.333. The van der Waals surface area contributed by atoms with Gasteiger partial charge in [-0.1, -0.05) is 27.8 Å². The largest absolute Gasteiger partial charge is 0.417 e. The van der Waals surface area contributed by atoms with Gasteiger partial charge in [-0.2, -0.15) is 13.2 Å². The molecule has 1 aliphatic carbocycles. The van der Waals surface area contributed by atoms with Crippen LogP contribution in [0.1, 0.15) is 24.0 Å². The van der Waals surface area contributed by atoms with Crippen LogP contribution in [0.15, 0.2) is 22.7 Å². The molecule has 1 fully saturated rings. The maximum absolute atomic E-state index is 12.6. The molecule has 0 amide bonds. The highest BCUT2D eigenvalue weighted by atomic mass is 79.9. The predicted molar refractivity (Wildman–Crippen MR) is 58.7 cm³/mol. The summed E-state index contributed by atoms with van der Waals surface area (Å²) in [6, 6.07) is 3.85. The van der Waals surface area contributed by atoms with Crippen molar-refractivity contribution in [3.8, 4) is 11.8 Å². The van der Waals surface area contributed by atoms with Crippen molar-refractivity contribution in [2.75, 3.05) is 0 Å². The summed E-state index contributed by atoms with van der Waals surface area (Å²) < 4.78 is 38.5.